The summed E-state index contributed by atoms with van der Waals surface area (Å²) in [5, 5.41) is 3.31. The number of rotatable bonds is 5. The lowest BCUT2D eigenvalue weighted by molar-refractivity contribution is 0.445. The molecule has 0 amide bonds. The summed E-state index contributed by atoms with van der Waals surface area (Å²) < 4.78 is 20.6. The summed E-state index contributed by atoms with van der Waals surface area (Å²) >= 11 is 6.64. The minimum atomic E-state index is -0.363. The van der Waals surface area contributed by atoms with Crippen molar-refractivity contribution >= 4 is 31.9 Å². The minimum Gasteiger partial charge on any atom is -0.439 e. The first-order chi connectivity index (χ1) is 9.94. The Morgan fingerprint density at radius 1 is 1.19 bits per heavy atom. The maximum atomic E-state index is 13.4. The molecule has 1 aromatic carbocycles. The molecule has 0 atom stereocenters. The molecule has 6 heteroatoms. The van der Waals surface area contributed by atoms with Crippen LogP contribution in [-0.4, -0.2) is 11.0 Å². The van der Waals surface area contributed by atoms with Gasteiger partial charge in [0.05, 0.1) is 0 Å². The maximum Gasteiger partial charge on any atom is 0.223 e. The standard InChI is InChI=1S/C15H15Br2FN2O/c1-9(2)19-7-10-3-12(17)8-20-15(10)21-14-5-11(16)4-13(18)6-14/h3-6,8-9,19H,7H2,1-2H3. The minimum absolute atomic E-state index is 0.347. The topological polar surface area (TPSA) is 34.2 Å². The number of benzene rings is 1. The lowest BCUT2D eigenvalue weighted by Crippen LogP contribution is -2.22. The van der Waals surface area contributed by atoms with Gasteiger partial charge in [0.25, 0.3) is 0 Å². The smallest absolute Gasteiger partial charge is 0.223 e. The van der Waals surface area contributed by atoms with Crippen LogP contribution in [0.1, 0.15) is 19.4 Å². The van der Waals surface area contributed by atoms with Gasteiger partial charge >= 0.3 is 0 Å². The zero-order valence-corrected chi connectivity index (χ0v) is 14.8. The first kappa shape index (κ1) is 16.4. The van der Waals surface area contributed by atoms with E-state index in [4.69, 9.17) is 4.74 Å². The fraction of sp³-hybridized carbons (Fsp3) is 0.267. The van der Waals surface area contributed by atoms with Gasteiger partial charge in [0.2, 0.25) is 5.88 Å². The van der Waals surface area contributed by atoms with Gasteiger partial charge in [-0.3, -0.25) is 0 Å². The number of aromatic nitrogens is 1. The van der Waals surface area contributed by atoms with Crippen LogP contribution in [0.15, 0.2) is 39.4 Å². The molecule has 0 saturated heterocycles. The summed E-state index contributed by atoms with van der Waals surface area (Å²) in [4.78, 5) is 4.26. The number of halogens is 3. The van der Waals surface area contributed by atoms with Crippen LogP contribution in [0.2, 0.25) is 0 Å². The molecule has 0 unspecified atom stereocenters. The average molecular weight is 418 g/mol. The molecule has 0 bridgehead atoms. The quantitative estimate of drug-likeness (QED) is 0.740. The van der Waals surface area contributed by atoms with Gasteiger partial charge in [-0.1, -0.05) is 29.8 Å². The van der Waals surface area contributed by atoms with Crippen LogP contribution in [-0.2, 0) is 6.54 Å². The van der Waals surface area contributed by atoms with Crippen molar-refractivity contribution in [3.63, 3.8) is 0 Å². The van der Waals surface area contributed by atoms with Crippen LogP contribution in [0.4, 0.5) is 4.39 Å². The molecule has 0 aliphatic rings. The van der Waals surface area contributed by atoms with Gasteiger partial charge in [-0.05, 0) is 34.1 Å². The highest BCUT2D eigenvalue weighted by Crippen LogP contribution is 2.28. The molecular weight excluding hydrogens is 403 g/mol. The number of nitrogens with zero attached hydrogens (tertiary/aromatic N) is 1. The fourth-order valence-electron chi connectivity index (χ4n) is 1.70. The maximum absolute atomic E-state index is 13.4. The largest absolute Gasteiger partial charge is 0.439 e. The van der Waals surface area contributed by atoms with Crippen molar-refractivity contribution in [1.82, 2.24) is 10.3 Å². The lowest BCUT2D eigenvalue weighted by Gasteiger charge is -2.13. The predicted molar refractivity (Wildman–Crippen MR) is 88.1 cm³/mol. The molecule has 1 heterocycles. The Hall–Kier alpha value is -0.980. The summed E-state index contributed by atoms with van der Waals surface area (Å²) in [6.45, 7) is 4.75. The number of ether oxygens (including phenoxy) is 1. The van der Waals surface area contributed by atoms with Gasteiger partial charge < -0.3 is 10.1 Å². The number of hydrogen-bond donors (Lipinski definition) is 1. The van der Waals surface area contributed by atoms with Crippen molar-refractivity contribution in [1.29, 1.82) is 0 Å². The van der Waals surface area contributed by atoms with Gasteiger partial charge in [0.1, 0.15) is 11.6 Å². The van der Waals surface area contributed by atoms with E-state index >= 15 is 0 Å². The Morgan fingerprint density at radius 3 is 2.62 bits per heavy atom. The predicted octanol–water partition coefficient (Wildman–Crippen LogP) is 5.04. The Labute approximate surface area is 140 Å². The van der Waals surface area contributed by atoms with E-state index < -0.39 is 0 Å². The van der Waals surface area contributed by atoms with E-state index in [9.17, 15) is 4.39 Å². The molecule has 0 fully saturated rings. The first-order valence-corrected chi connectivity index (χ1v) is 8.04. The molecule has 0 saturated carbocycles. The highest BCUT2D eigenvalue weighted by Gasteiger charge is 2.10. The van der Waals surface area contributed by atoms with E-state index in [1.807, 2.05) is 6.07 Å². The summed E-state index contributed by atoms with van der Waals surface area (Å²) in [6.07, 6.45) is 1.66. The zero-order chi connectivity index (χ0) is 15.4. The van der Waals surface area contributed by atoms with E-state index in [-0.39, 0.29) is 5.82 Å². The molecule has 0 radical (unpaired) electrons. The van der Waals surface area contributed by atoms with Crippen molar-refractivity contribution in [2.75, 3.05) is 0 Å². The van der Waals surface area contributed by atoms with Crippen LogP contribution in [0.3, 0.4) is 0 Å². The molecule has 0 aliphatic heterocycles. The summed E-state index contributed by atoms with van der Waals surface area (Å²) in [6, 6.07) is 6.69. The third-order valence-corrected chi connectivity index (χ3v) is 3.53. The van der Waals surface area contributed by atoms with Gasteiger partial charge in [-0.2, -0.15) is 0 Å². The Balaban J connectivity index is 2.25. The Bertz CT molecular complexity index is 615. The highest BCUT2D eigenvalue weighted by molar-refractivity contribution is 9.10. The van der Waals surface area contributed by atoms with Crippen molar-refractivity contribution < 1.29 is 9.13 Å². The van der Waals surface area contributed by atoms with E-state index in [0.29, 0.717) is 28.7 Å². The molecule has 21 heavy (non-hydrogen) atoms. The lowest BCUT2D eigenvalue weighted by atomic mass is 10.2. The fourth-order valence-corrected chi connectivity index (χ4v) is 2.52. The zero-order valence-electron chi connectivity index (χ0n) is 11.7. The Morgan fingerprint density at radius 2 is 1.95 bits per heavy atom. The first-order valence-electron chi connectivity index (χ1n) is 6.46. The molecule has 0 spiro atoms. The van der Waals surface area contributed by atoms with Gasteiger partial charge in [0.15, 0.2) is 0 Å². The van der Waals surface area contributed by atoms with Crippen LogP contribution >= 0.6 is 31.9 Å². The number of hydrogen-bond acceptors (Lipinski definition) is 3. The second-order valence-electron chi connectivity index (χ2n) is 4.86. The van der Waals surface area contributed by atoms with Crippen LogP contribution in [0.5, 0.6) is 11.6 Å². The number of pyridine rings is 1. The number of nitrogens with one attached hydrogen (secondary N) is 1. The second-order valence-corrected chi connectivity index (χ2v) is 6.69. The van der Waals surface area contributed by atoms with Gasteiger partial charge in [-0.25, -0.2) is 9.37 Å². The van der Waals surface area contributed by atoms with Crippen molar-refractivity contribution in [3.05, 3.63) is 50.8 Å². The van der Waals surface area contributed by atoms with Gasteiger partial charge in [0, 0.05) is 39.4 Å². The van der Waals surface area contributed by atoms with E-state index in [0.717, 1.165) is 10.0 Å². The molecular formula is C15H15Br2FN2O. The summed E-state index contributed by atoms with van der Waals surface area (Å²) in [5.74, 6) is 0.504. The van der Waals surface area contributed by atoms with Crippen LogP contribution in [0.25, 0.3) is 0 Å². The second kappa shape index (κ2) is 7.33. The SMILES string of the molecule is CC(C)NCc1cc(Br)cnc1Oc1cc(F)cc(Br)c1. The molecule has 2 aromatic rings. The molecule has 1 aromatic heterocycles. The average Bonchev–Trinajstić information content (AvgIpc) is 2.37. The summed E-state index contributed by atoms with van der Waals surface area (Å²) in [5.41, 5.74) is 0.901. The molecule has 1 N–H and O–H groups in total. The summed E-state index contributed by atoms with van der Waals surface area (Å²) in [7, 11) is 0. The molecule has 0 aliphatic carbocycles. The van der Waals surface area contributed by atoms with E-state index in [1.165, 1.54) is 12.1 Å². The van der Waals surface area contributed by atoms with Crippen molar-refractivity contribution in [2.45, 2.75) is 26.4 Å². The highest BCUT2D eigenvalue weighted by atomic mass is 79.9. The van der Waals surface area contributed by atoms with Crippen LogP contribution in [0, 0.1) is 5.82 Å². The van der Waals surface area contributed by atoms with Crippen molar-refractivity contribution in [2.24, 2.45) is 0 Å². The van der Waals surface area contributed by atoms with Crippen molar-refractivity contribution in [3.8, 4) is 11.6 Å². The van der Waals surface area contributed by atoms with Gasteiger partial charge in [-0.15, -0.1) is 0 Å². The van der Waals surface area contributed by atoms with E-state index in [1.54, 1.807) is 12.3 Å². The van der Waals surface area contributed by atoms with Crippen LogP contribution < -0.4 is 10.1 Å². The third-order valence-electron chi connectivity index (χ3n) is 2.64. The van der Waals surface area contributed by atoms with E-state index in [2.05, 4.69) is 56.0 Å². The molecule has 2 rings (SSSR count). The normalized spacial score (nSPS) is 11.0. The third kappa shape index (κ3) is 5.05. The monoisotopic (exact) mass is 416 g/mol. The molecule has 112 valence electrons. The molecule has 3 nitrogen and oxygen atoms in total. The Kier molecular flexibility index (Phi) is 5.72.